The van der Waals surface area contributed by atoms with Gasteiger partial charge in [0.25, 0.3) is 5.91 Å². The van der Waals surface area contributed by atoms with Crippen LogP contribution in [0, 0.1) is 5.92 Å². The van der Waals surface area contributed by atoms with Crippen molar-refractivity contribution in [2.75, 3.05) is 13.2 Å². The molecule has 0 unspecified atom stereocenters. The van der Waals surface area contributed by atoms with Gasteiger partial charge in [0.15, 0.2) is 6.61 Å². The molecule has 0 bridgehead atoms. The second-order valence-electron chi connectivity index (χ2n) is 5.87. The third-order valence-electron chi connectivity index (χ3n) is 4.24. The summed E-state index contributed by atoms with van der Waals surface area (Å²) < 4.78 is 5.54. The molecular formula is C16H21NO3. The molecule has 20 heavy (non-hydrogen) atoms. The molecule has 0 saturated heterocycles. The van der Waals surface area contributed by atoms with Crippen LogP contribution in [0.2, 0.25) is 0 Å². The fourth-order valence-electron chi connectivity index (χ4n) is 2.96. The number of aliphatic hydroxyl groups is 1. The maximum Gasteiger partial charge on any atom is 0.257 e. The van der Waals surface area contributed by atoms with E-state index in [9.17, 15) is 9.90 Å². The van der Waals surface area contributed by atoms with Crippen LogP contribution in [-0.2, 0) is 17.6 Å². The molecular weight excluding hydrogens is 254 g/mol. The van der Waals surface area contributed by atoms with Crippen molar-refractivity contribution >= 4 is 5.91 Å². The quantitative estimate of drug-likeness (QED) is 0.855. The Kier molecular flexibility index (Phi) is 3.92. The molecule has 0 heterocycles. The van der Waals surface area contributed by atoms with Crippen LogP contribution in [0.3, 0.4) is 0 Å². The van der Waals surface area contributed by atoms with Gasteiger partial charge in [-0.3, -0.25) is 4.79 Å². The molecule has 0 spiro atoms. The minimum Gasteiger partial charge on any atom is -0.484 e. The van der Waals surface area contributed by atoms with Crippen molar-refractivity contribution in [1.29, 1.82) is 0 Å². The average Bonchev–Trinajstić information content (AvgIpc) is 2.87. The Bertz CT molecular complexity index is 494. The van der Waals surface area contributed by atoms with E-state index in [1.54, 1.807) is 0 Å². The molecule has 1 aromatic carbocycles. The summed E-state index contributed by atoms with van der Waals surface area (Å²) in [5, 5.41) is 12.0. The Morgan fingerprint density at radius 1 is 1.30 bits per heavy atom. The Morgan fingerprint density at radius 3 is 2.90 bits per heavy atom. The van der Waals surface area contributed by atoms with Gasteiger partial charge >= 0.3 is 0 Å². The lowest BCUT2D eigenvalue weighted by molar-refractivity contribution is -0.123. The number of aryl methyl sites for hydroxylation is 2. The van der Waals surface area contributed by atoms with Gasteiger partial charge in [0.05, 0.1) is 6.10 Å². The van der Waals surface area contributed by atoms with E-state index in [0.29, 0.717) is 12.5 Å². The smallest absolute Gasteiger partial charge is 0.257 e. The van der Waals surface area contributed by atoms with Crippen LogP contribution in [0.15, 0.2) is 18.2 Å². The van der Waals surface area contributed by atoms with Gasteiger partial charge in [-0.2, -0.15) is 0 Å². The van der Waals surface area contributed by atoms with Crippen molar-refractivity contribution in [2.24, 2.45) is 5.92 Å². The Morgan fingerprint density at radius 2 is 2.10 bits per heavy atom. The van der Waals surface area contributed by atoms with Crippen molar-refractivity contribution in [3.63, 3.8) is 0 Å². The zero-order valence-corrected chi connectivity index (χ0v) is 11.6. The number of fused-ring (bicyclic) bond motifs is 1. The molecule has 2 N–H and O–H groups in total. The summed E-state index contributed by atoms with van der Waals surface area (Å²) in [5.74, 6) is 1.11. The van der Waals surface area contributed by atoms with E-state index >= 15 is 0 Å². The number of aliphatic hydroxyl groups excluding tert-OH is 1. The second-order valence-corrected chi connectivity index (χ2v) is 5.87. The Hall–Kier alpha value is -1.55. The Labute approximate surface area is 119 Å². The van der Waals surface area contributed by atoms with Crippen molar-refractivity contribution in [3.05, 3.63) is 29.3 Å². The normalized spacial score (nSPS) is 23.9. The standard InChI is InChI=1S/C16H21NO3/c18-14-6-11(7-14)9-17-16(19)10-20-15-5-4-12-2-1-3-13(12)8-15/h4-5,8,11,14,18H,1-3,6-7,9-10H2,(H,17,19). The number of carbonyl (C=O) groups is 1. The van der Waals surface area contributed by atoms with Gasteiger partial charge in [-0.25, -0.2) is 0 Å². The maximum atomic E-state index is 11.7. The van der Waals surface area contributed by atoms with Crippen LogP contribution in [0.25, 0.3) is 0 Å². The van der Waals surface area contributed by atoms with Crippen molar-refractivity contribution < 1.29 is 14.6 Å². The molecule has 1 fully saturated rings. The first-order valence-corrected chi connectivity index (χ1v) is 7.40. The van der Waals surface area contributed by atoms with Crippen LogP contribution >= 0.6 is 0 Å². The topological polar surface area (TPSA) is 58.6 Å². The first-order chi connectivity index (χ1) is 9.70. The average molecular weight is 275 g/mol. The zero-order valence-electron chi connectivity index (χ0n) is 11.6. The summed E-state index contributed by atoms with van der Waals surface area (Å²) in [6, 6.07) is 6.10. The third kappa shape index (κ3) is 3.12. The fraction of sp³-hybridized carbons (Fsp3) is 0.562. The predicted octanol–water partition coefficient (Wildman–Crippen LogP) is 1.44. The van der Waals surface area contributed by atoms with E-state index in [1.807, 2.05) is 6.07 Å². The van der Waals surface area contributed by atoms with Crippen LogP contribution in [0.5, 0.6) is 5.75 Å². The van der Waals surface area contributed by atoms with Crippen LogP contribution in [0.1, 0.15) is 30.4 Å². The minimum absolute atomic E-state index is 0.0636. The molecule has 0 radical (unpaired) electrons. The number of amides is 1. The van der Waals surface area contributed by atoms with Gasteiger partial charge in [-0.15, -0.1) is 0 Å². The first kappa shape index (κ1) is 13.4. The molecule has 108 valence electrons. The monoisotopic (exact) mass is 275 g/mol. The molecule has 2 aliphatic rings. The number of carbonyl (C=O) groups excluding carboxylic acids is 1. The van der Waals surface area contributed by atoms with Gasteiger partial charge in [0, 0.05) is 6.54 Å². The zero-order chi connectivity index (χ0) is 13.9. The molecule has 0 aromatic heterocycles. The van der Waals surface area contributed by atoms with E-state index in [0.717, 1.165) is 31.4 Å². The molecule has 1 amide bonds. The van der Waals surface area contributed by atoms with Gasteiger partial charge in [0.2, 0.25) is 0 Å². The van der Waals surface area contributed by atoms with Crippen molar-refractivity contribution in [1.82, 2.24) is 5.32 Å². The summed E-state index contributed by atoms with van der Waals surface area (Å²) in [7, 11) is 0. The van der Waals surface area contributed by atoms with E-state index in [-0.39, 0.29) is 18.6 Å². The number of hydrogen-bond donors (Lipinski definition) is 2. The van der Waals surface area contributed by atoms with Crippen molar-refractivity contribution in [3.8, 4) is 5.75 Å². The third-order valence-corrected chi connectivity index (χ3v) is 4.24. The summed E-state index contributed by atoms with van der Waals surface area (Å²) in [6.07, 6.45) is 4.91. The molecule has 3 rings (SSSR count). The van der Waals surface area contributed by atoms with Gasteiger partial charge in [-0.05, 0) is 61.3 Å². The van der Waals surface area contributed by atoms with Crippen LogP contribution in [0.4, 0.5) is 0 Å². The van der Waals surface area contributed by atoms with E-state index in [4.69, 9.17) is 4.74 Å². The minimum atomic E-state index is -0.167. The van der Waals surface area contributed by atoms with Crippen LogP contribution in [-0.4, -0.2) is 30.3 Å². The molecule has 2 aliphatic carbocycles. The largest absolute Gasteiger partial charge is 0.484 e. The second kappa shape index (κ2) is 5.83. The van der Waals surface area contributed by atoms with Crippen molar-refractivity contribution in [2.45, 2.75) is 38.2 Å². The summed E-state index contributed by atoms with van der Waals surface area (Å²) in [4.78, 5) is 11.7. The SMILES string of the molecule is O=C(COc1ccc2c(c1)CCC2)NCC1CC(O)C1. The number of rotatable bonds is 5. The highest BCUT2D eigenvalue weighted by molar-refractivity contribution is 5.77. The molecule has 1 saturated carbocycles. The highest BCUT2D eigenvalue weighted by atomic mass is 16.5. The number of hydrogen-bond acceptors (Lipinski definition) is 3. The Balaban J connectivity index is 1.41. The van der Waals surface area contributed by atoms with E-state index in [2.05, 4.69) is 17.4 Å². The lowest BCUT2D eigenvalue weighted by atomic mass is 9.82. The predicted molar refractivity (Wildman–Crippen MR) is 75.7 cm³/mol. The van der Waals surface area contributed by atoms with Gasteiger partial charge < -0.3 is 15.2 Å². The van der Waals surface area contributed by atoms with Crippen LogP contribution < -0.4 is 10.1 Å². The fourth-order valence-corrected chi connectivity index (χ4v) is 2.96. The summed E-state index contributed by atoms with van der Waals surface area (Å²) in [5.41, 5.74) is 2.76. The lowest BCUT2D eigenvalue weighted by Crippen LogP contribution is -2.39. The number of ether oxygens (including phenoxy) is 1. The van der Waals surface area contributed by atoms with Gasteiger partial charge in [-0.1, -0.05) is 6.07 Å². The summed E-state index contributed by atoms with van der Waals surface area (Å²) in [6.45, 7) is 0.706. The number of benzene rings is 1. The molecule has 4 heteroatoms. The highest BCUT2D eigenvalue weighted by Gasteiger charge is 2.27. The number of nitrogens with one attached hydrogen (secondary N) is 1. The summed E-state index contributed by atoms with van der Waals surface area (Å²) >= 11 is 0. The van der Waals surface area contributed by atoms with E-state index in [1.165, 1.54) is 17.5 Å². The molecule has 1 aromatic rings. The van der Waals surface area contributed by atoms with Gasteiger partial charge in [0.1, 0.15) is 5.75 Å². The highest BCUT2D eigenvalue weighted by Crippen LogP contribution is 2.27. The first-order valence-electron chi connectivity index (χ1n) is 7.40. The lowest BCUT2D eigenvalue weighted by Gasteiger charge is -2.31. The maximum absolute atomic E-state index is 11.7. The molecule has 4 nitrogen and oxygen atoms in total. The molecule has 0 atom stereocenters. The molecule has 0 aliphatic heterocycles. The van der Waals surface area contributed by atoms with E-state index < -0.39 is 0 Å².